The van der Waals surface area contributed by atoms with E-state index in [0.29, 0.717) is 22.1 Å². The highest BCUT2D eigenvalue weighted by Crippen LogP contribution is 2.21. The summed E-state index contributed by atoms with van der Waals surface area (Å²) in [5.74, 6) is 0.556. The van der Waals surface area contributed by atoms with E-state index in [9.17, 15) is 4.79 Å². The highest BCUT2D eigenvalue weighted by atomic mass is 35.5. The zero-order valence-electron chi connectivity index (χ0n) is 11.9. The standard InChI is InChI=1S/C16H11ClN4O2/c17-12-6-4-11(5-7-12)14-9-13(23-19-14)10-21-16(22)20-8-2-1-3-15(20)18-21/h1-9H,10H2. The first-order valence-corrected chi connectivity index (χ1v) is 7.34. The van der Waals surface area contributed by atoms with Gasteiger partial charge < -0.3 is 4.52 Å². The Balaban J connectivity index is 1.65. The van der Waals surface area contributed by atoms with Crippen LogP contribution in [0.3, 0.4) is 0 Å². The summed E-state index contributed by atoms with van der Waals surface area (Å²) in [5, 5.41) is 8.95. The van der Waals surface area contributed by atoms with E-state index in [0.717, 1.165) is 5.56 Å². The van der Waals surface area contributed by atoms with Gasteiger partial charge in [-0.1, -0.05) is 35.0 Å². The predicted octanol–water partition coefficient (Wildman–Crippen LogP) is 2.85. The fourth-order valence-corrected chi connectivity index (χ4v) is 2.49. The molecule has 0 aliphatic rings. The summed E-state index contributed by atoms with van der Waals surface area (Å²) in [6, 6.07) is 14.5. The van der Waals surface area contributed by atoms with E-state index in [-0.39, 0.29) is 12.2 Å². The number of benzene rings is 1. The molecule has 0 aliphatic heterocycles. The van der Waals surface area contributed by atoms with E-state index in [1.165, 1.54) is 9.08 Å². The first-order chi connectivity index (χ1) is 11.2. The van der Waals surface area contributed by atoms with Crippen LogP contribution in [0.4, 0.5) is 0 Å². The number of halogens is 1. The minimum Gasteiger partial charge on any atom is -0.359 e. The van der Waals surface area contributed by atoms with Crippen LogP contribution in [0, 0.1) is 0 Å². The van der Waals surface area contributed by atoms with E-state index in [2.05, 4.69) is 10.3 Å². The van der Waals surface area contributed by atoms with Crippen molar-refractivity contribution in [3.05, 3.63) is 76.0 Å². The number of hydrogen-bond donors (Lipinski definition) is 0. The minimum absolute atomic E-state index is 0.218. The lowest BCUT2D eigenvalue weighted by Gasteiger charge is -1.94. The van der Waals surface area contributed by atoms with Gasteiger partial charge in [0.15, 0.2) is 11.4 Å². The first-order valence-electron chi connectivity index (χ1n) is 6.96. The third-order valence-corrected chi connectivity index (χ3v) is 3.74. The number of pyridine rings is 1. The van der Waals surface area contributed by atoms with E-state index < -0.39 is 0 Å². The van der Waals surface area contributed by atoms with Crippen molar-refractivity contribution in [3.63, 3.8) is 0 Å². The fraction of sp³-hybridized carbons (Fsp3) is 0.0625. The van der Waals surface area contributed by atoms with Gasteiger partial charge in [0.25, 0.3) is 0 Å². The van der Waals surface area contributed by atoms with Gasteiger partial charge in [0.05, 0.1) is 0 Å². The maximum atomic E-state index is 12.2. The van der Waals surface area contributed by atoms with Gasteiger partial charge in [-0.25, -0.2) is 9.48 Å². The number of nitrogens with zero attached hydrogens (tertiary/aromatic N) is 4. The summed E-state index contributed by atoms with van der Waals surface area (Å²) in [6.07, 6.45) is 1.68. The number of hydrogen-bond acceptors (Lipinski definition) is 4. The Morgan fingerprint density at radius 1 is 1.13 bits per heavy atom. The van der Waals surface area contributed by atoms with Crippen molar-refractivity contribution in [3.8, 4) is 11.3 Å². The zero-order valence-corrected chi connectivity index (χ0v) is 12.6. The summed E-state index contributed by atoms with van der Waals surface area (Å²) >= 11 is 5.88. The minimum atomic E-state index is -0.218. The molecule has 0 N–H and O–H groups in total. The van der Waals surface area contributed by atoms with Gasteiger partial charge in [0.1, 0.15) is 12.2 Å². The number of rotatable bonds is 3. The van der Waals surface area contributed by atoms with E-state index >= 15 is 0 Å². The molecule has 7 heteroatoms. The van der Waals surface area contributed by atoms with Crippen molar-refractivity contribution >= 4 is 17.2 Å². The molecule has 1 aromatic carbocycles. The zero-order chi connectivity index (χ0) is 15.8. The summed E-state index contributed by atoms with van der Waals surface area (Å²) in [7, 11) is 0. The third kappa shape index (κ3) is 2.53. The smallest absolute Gasteiger partial charge is 0.350 e. The second kappa shape index (κ2) is 5.40. The average molecular weight is 327 g/mol. The molecular formula is C16H11ClN4O2. The molecule has 0 aliphatic carbocycles. The molecule has 0 atom stereocenters. The fourth-order valence-electron chi connectivity index (χ4n) is 2.36. The van der Waals surface area contributed by atoms with Crippen LogP contribution in [-0.4, -0.2) is 19.3 Å². The van der Waals surface area contributed by atoms with Crippen molar-refractivity contribution in [1.29, 1.82) is 0 Å². The molecule has 0 amide bonds. The number of fused-ring (bicyclic) bond motifs is 1. The van der Waals surface area contributed by atoms with Crippen molar-refractivity contribution in [2.24, 2.45) is 0 Å². The van der Waals surface area contributed by atoms with Gasteiger partial charge in [-0.3, -0.25) is 4.40 Å². The molecule has 6 nitrogen and oxygen atoms in total. The highest BCUT2D eigenvalue weighted by Gasteiger charge is 2.11. The second-order valence-electron chi connectivity index (χ2n) is 5.05. The lowest BCUT2D eigenvalue weighted by Crippen LogP contribution is -2.21. The largest absolute Gasteiger partial charge is 0.359 e. The SMILES string of the molecule is O=c1n(Cc2cc(-c3ccc(Cl)cc3)no2)nc2ccccn12. The van der Waals surface area contributed by atoms with Crippen LogP contribution in [0.2, 0.25) is 5.02 Å². The molecule has 0 unspecified atom stereocenters. The van der Waals surface area contributed by atoms with Crippen LogP contribution in [0.5, 0.6) is 0 Å². The third-order valence-electron chi connectivity index (χ3n) is 3.49. The van der Waals surface area contributed by atoms with Crippen molar-refractivity contribution in [2.75, 3.05) is 0 Å². The Bertz CT molecular complexity index is 1030. The topological polar surface area (TPSA) is 65.3 Å². The van der Waals surface area contributed by atoms with Crippen LogP contribution in [0.25, 0.3) is 16.9 Å². The van der Waals surface area contributed by atoms with Gasteiger partial charge in [-0.15, -0.1) is 5.10 Å². The Morgan fingerprint density at radius 2 is 1.96 bits per heavy atom. The maximum absolute atomic E-state index is 12.2. The van der Waals surface area contributed by atoms with Gasteiger partial charge in [0.2, 0.25) is 0 Å². The van der Waals surface area contributed by atoms with Crippen molar-refractivity contribution in [2.45, 2.75) is 6.54 Å². The Morgan fingerprint density at radius 3 is 2.74 bits per heavy atom. The predicted molar refractivity (Wildman–Crippen MR) is 85.5 cm³/mol. The van der Waals surface area contributed by atoms with E-state index in [4.69, 9.17) is 16.1 Å². The van der Waals surface area contributed by atoms with E-state index in [1.54, 1.807) is 36.5 Å². The Labute approximate surface area is 135 Å². The van der Waals surface area contributed by atoms with Gasteiger partial charge >= 0.3 is 5.69 Å². The molecule has 23 heavy (non-hydrogen) atoms. The molecule has 0 fully saturated rings. The maximum Gasteiger partial charge on any atom is 0.350 e. The molecule has 3 heterocycles. The number of aromatic nitrogens is 4. The van der Waals surface area contributed by atoms with Crippen LogP contribution < -0.4 is 5.69 Å². The van der Waals surface area contributed by atoms with Gasteiger partial charge in [-0.2, -0.15) is 0 Å². The first kappa shape index (κ1) is 13.8. The molecule has 114 valence electrons. The summed E-state index contributed by atoms with van der Waals surface area (Å²) in [6.45, 7) is 0.223. The van der Waals surface area contributed by atoms with Crippen molar-refractivity contribution < 1.29 is 4.52 Å². The summed E-state index contributed by atoms with van der Waals surface area (Å²) in [5.41, 5.74) is 1.96. The van der Waals surface area contributed by atoms with Gasteiger partial charge in [-0.05, 0) is 24.3 Å². The summed E-state index contributed by atoms with van der Waals surface area (Å²) in [4.78, 5) is 12.2. The second-order valence-corrected chi connectivity index (χ2v) is 5.49. The molecule has 0 bridgehead atoms. The molecule has 4 aromatic rings. The molecule has 0 spiro atoms. The van der Waals surface area contributed by atoms with Crippen molar-refractivity contribution in [1.82, 2.24) is 19.3 Å². The lowest BCUT2D eigenvalue weighted by atomic mass is 10.1. The molecule has 0 saturated heterocycles. The molecule has 0 radical (unpaired) electrons. The van der Waals surface area contributed by atoms with E-state index in [1.807, 2.05) is 18.2 Å². The normalized spacial score (nSPS) is 11.2. The highest BCUT2D eigenvalue weighted by molar-refractivity contribution is 6.30. The monoisotopic (exact) mass is 326 g/mol. The summed E-state index contributed by atoms with van der Waals surface area (Å²) < 4.78 is 8.14. The van der Waals surface area contributed by atoms with Gasteiger partial charge in [0, 0.05) is 22.8 Å². The lowest BCUT2D eigenvalue weighted by molar-refractivity contribution is 0.371. The molecule has 3 aromatic heterocycles. The Kier molecular flexibility index (Phi) is 3.24. The average Bonchev–Trinajstić information content (AvgIpc) is 3.15. The van der Waals surface area contributed by atoms with Crippen LogP contribution in [0.1, 0.15) is 5.76 Å². The van der Waals surface area contributed by atoms with Crippen LogP contribution >= 0.6 is 11.6 Å². The quantitative estimate of drug-likeness (QED) is 0.580. The molecule has 0 saturated carbocycles. The molecular weight excluding hydrogens is 316 g/mol. The Hall–Kier alpha value is -2.86. The molecule has 4 rings (SSSR count). The van der Waals surface area contributed by atoms with Crippen LogP contribution in [0.15, 0.2) is 64.0 Å². The van der Waals surface area contributed by atoms with Crippen LogP contribution in [-0.2, 0) is 6.54 Å².